The van der Waals surface area contributed by atoms with Crippen molar-refractivity contribution in [2.75, 3.05) is 5.32 Å². The van der Waals surface area contributed by atoms with Crippen molar-refractivity contribution in [2.24, 2.45) is 0 Å². The molecular formula is C19H13F4N3O2. The first kappa shape index (κ1) is 19.3. The fourth-order valence-corrected chi connectivity index (χ4v) is 2.43. The molecule has 5 nitrogen and oxygen atoms in total. The molecule has 0 aliphatic carbocycles. The van der Waals surface area contributed by atoms with Gasteiger partial charge in [-0.25, -0.2) is 9.07 Å². The topological polar surface area (TPSA) is 64.0 Å². The van der Waals surface area contributed by atoms with Crippen molar-refractivity contribution >= 4 is 11.6 Å². The maximum absolute atomic E-state index is 13.3. The summed E-state index contributed by atoms with van der Waals surface area (Å²) < 4.78 is 52.0. The summed E-state index contributed by atoms with van der Waals surface area (Å²) in [5, 5.41) is 6.35. The van der Waals surface area contributed by atoms with E-state index in [1.807, 2.05) is 0 Å². The highest BCUT2D eigenvalue weighted by atomic mass is 19.4. The lowest BCUT2D eigenvalue weighted by Crippen LogP contribution is -2.26. The molecule has 0 unspecified atom stereocenters. The zero-order chi connectivity index (χ0) is 20.3. The molecule has 1 N–H and O–H groups in total. The zero-order valence-electron chi connectivity index (χ0n) is 14.2. The first-order valence-corrected chi connectivity index (χ1v) is 8.03. The van der Waals surface area contributed by atoms with Gasteiger partial charge in [-0.2, -0.15) is 18.3 Å². The molecule has 0 aliphatic heterocycles. The molecule has 0 saturated heterocycles. The van der Waals surface area contributed by atoms with Gasteiger partial charge in [-0.15, -0.1) is 0 Å². The number of benzene rings is 2. The van der Waals surface area contributed by atoms with Crippen LogP contribution in [0.25, 0.3) is 0 Å². The minimum absolute atomic E-state index is 0.0437. The highest BCUT2D eigenvalue weighted by Crippen LogP contribution is 2.29. The van der Waals surface area contributed by atoms with Crippen molar-refractivity contribution < 1.29 is 22.4 Å². The molecule has 0 bridgehead atoms. The summed E-state index contributed by atoms with van der Waals surface area (Å²) >= 11 is 0. The van der Waals surface area contributed by atoms with E-state index in [0.29, 0.717) is 5.56 Å². The van der Waals surface area contributed by atoms with Crippen LogP contribution >= 0.6 is 0 Å². The number of hydrogen-bond donors (Lipinski definition) is 1. The normalized spacial score (nSPS) is 11.3. The number of nitrogens with one attached hydrogen (secondary N) is 1. The minimum Gasteiger partial charge on any atom is -0.321 e. The van der Waals surface area contributed by atoms with Crippen LogP contribution in [0.2, 0.25) is 0 Å². The molecule has 3 aromatic rings. The largest absolute Gasteiger partial charge is 0.416 e. The molecule has 1 amide bonds. The van der Waals surface area contributed by atoms with Crippen LogP contribution in [0, 0.1) is 5.82 Å². The van der Waals surface area contributed by atoms with Crippen LogP contribution < -0.4 is 10.9 Å². The number of carbonyl (C=O) groups excluding carboxylic acids is 1. The number of carbonyl (C=O) groups is 1. The second-order valence-corrected chi connectivity index (χ2v) is 5.87. The van der Waals surface area contributed by atoms with Crippen LogP contribution in [0.4, 0.5) is 23.2 Å². The SMILES string of the molecule is O=C(Nc1ccc(C(F)(F)F)cc1)c1ccc(=O)n(Cc2cccc(F)c2)n1. The summed E-state index contributed by atoms with van der Waals surface area (Å²) in [4.78, 5) is 24.2. The first-order chi connectivity index (χ1) is 13.2. The van der Waals surface area contributed by atoms with Crippen LogP contribution in [-0.4, -0.2) is 15.7 Å². The summed E-state index contributed by atoms with van der Waals surface area (Å²) in [5.41, 5.74) is -0.823. The van der Waals surface area contributed by atoms with E-state index in [9.17, 15) is 27.2 Å². The number of anilines is 1. The van der Waals surface area contributed by atoms with Crippen molar-refractivity contribution in [3.8, 4) is 0 Å². The molecule has 0 fully saturated rings. The van der Waals surface area contributed by atoms with E-state index in [-0.39, 0.29) is 17.9 Å². The Kier molecular flexibility index (Phi) is 5.25. The Balaban J connectivity index is 1.78. The highest BCUT2D eigenvalue weighted by molar-refractivity contribution is 6.02. The molecule has 3 rings (SSSR count). The molecule has 144 valence electrons. The van der Waals surface area contributed by atoms with Crippen molar-refractivity contribution in [3.05, 3.63) is 93.7 Å². The summed E-state index contributed by atoms with van der Waals surface area (Å²) in [6, 6.07) is 11.8. The number of amides is 1. The molecule has 9 heteroatoms. The molecule has 0 saturated carbocycles. The molecule has 0 aliphatic rings. The fourth-order valence-electron chi connectivity index (χ4n) is 2.43. The highest BCUT2D eigenvalue weighted by Gasteiger charge is 2.30. The number of rotatable bonds is 4. The lowest BCUT2D eigenvalue weighted by molar-refractivity contribution is -0.137. The molecule has 28 heavy (non-hydrogen) atoms. The quantitative estimate of drug-likeness (QED) is 0.690. The van der Waals surface area contributed by atoms with Crippen molar-refractivity contribution in [3.63, 3.8) is 0 Å². The second-order valence-electron chi connectivity index (χ2n) is 5.87. The van der Waals surface area contributed by atoms with Gasteiger partial charge in [0.2, 0.25) is 0 Å². The third-order valence-electron chi connectivity index (χ3n) is 3.79. The Morgan fingerprint density at radius 3 is 2.39 bits per heavy atom. The van der Waals surface area contributed by atoms with Gasteiger partial charge in [-0.3, -0.25) is 9.59 Å². The van der Waals surface area contributed by atoms with Gasteiger partial charge < -0.3 is 5.32 Å². The Bertz CT molecular complexity index is 1060. The van der Waals surface area contributed by atoms with E-state index >= 15 is 0 Å². The zero-order valence-corrected chi connectivity index (χ0v) is 14.2. The molecule has 1 heterocycles. The van der Waals surface area contributed by atoms with Crippen LogP contribution in [0.15, 0.2) is 65.5 Å². The van der Waals surface area contributed by atoms with Crippen molar-refractivity contribution in [1.29, 1.82) is 0 Å². The van der Waals surface area contributed by atoms with Gasteiger partial charge >= 0.3 is 6.18 Å². The number of aromatic nitrogens is 2. The Morgan fingerprint density at radius 2 is 1.75 bits per heavy atom. The number of halogens is 4. The second kappa shape index (κ2) is 7.63. The van der Waals surface area contributed by atoms with Gasteiger partial charge in [0.15, 0.2) is 0 Å². The maximum Gasteiger partial charge on any atom is 0.416 e. The Morgan fingerprint density at radius 1 is 1.04 bits per heavy atom. The lowest BCUT2D eigenvalue weighted by Gasteiger charge is -2.10. The predicted molar refractivity (Wildman–Crippen MR) is 93.4 cm³/mol. The molecule has 0 spiro atoms. The van der Waals surface area contributed by atoms with E-state index in [1.54, 1.807) is 6.07 Å². The standard InChI is InChI=1S/C19H13F4N3O2/c20-14-3-1-2-12(10-14)11-26-17(27)9-8-16(25-26)18(28)24-15-6-4-13(5-7-15)19(21,22)23/h1-10H,11H2,(H,24,28). The molecule has 0 atom stereocenters. The van der Waals surface area contributed by atoms with Gasteiger partial charge in [-0.05, 0) is 48.0 Å². The van der Waals surface area contributed by atoms with Crippen LogP contribution in [0.1, 0.15) is 21.6 Å². The van der Waals surface area contributed by atoms with Crippen LogP contribution in [-0.2, 0) is 12.7 Å². The average molecular weight is 391 g/mol. The number of alkyl halides is 3. The van der Waals surface area contributed by atoms with E-state index in [1.165, 1.54) is 24.3 Å². The van der Waals surface area contributed by atoms with Gasteiger partial charge in [0.25, 0.3) is 11.5 Å². The van der Waals surface area contributed by atoms with Gasteiger partial charge in [0, 0.05) is 11.8 Å². The summed E-state index contributed by atoms with van der Waals surface area (Å²) in [7, 11) is 0. The Hall–Kier alpha value is -3.49. The number of hydrogen-bond acceptors (Lipinski definition) is 3. The predicted octanol–water partition coefficient (Wildman–Crippen LogP) is 3.70. The molecule has 0 radical (unpaired) electrons. The van der Waals surface area contributed by atoms with Crippen molar-refractivity contribution in [1.82, 2.24) is 9.78 Å². The van der Waals surface area contributed by atoms with Crippen LogP contribution in [0.3, 0.4) is 0 Å². The first-order valence-electron chi connectivity index (χ1n) is 8.03. The summed E-state index contributed by atoms with van der Waals surface area (Å²) in [5.74, 6) is -1.17. The summed E-state index contributed by atoms with van der Waals surface area (Å²) in [6.45, 7) is -0.0437. The summed E-state index contributed by atoms with van der Waals surface area (Å²) in [6.07, 6.45) is -4.48. The lowest BCUT2D eigenvalue weighted by atomic mass is 10.2. The Labute approximate surface area is 156 Å². The smallest absolute Gasteiger partial charge is 0.321 e. The monoisotopic (exact) mass is 391 g/mol. The van der Waals surface area contributed by atoms with E-state index < -0.39 is 29.0 Å². The minimum atomic E-state index is -4.48. The van der Waals surface area contributed by atoms with Gasteiger partial charge in [0.1, 0.15) is 11.5 Å². The number of nitrogens with zero attached hydrogens (tertiary/aromatic N) is 2. The van der Waals surface area contributed by atoms with Gasteiger partial charge in [0.05, 0.1) is 12.1 Å². The van der Waals surface area contributed by atoms with Crippen LogP contribution in [0.5, 0.6) is 0 Å². The van der Waals surface area contributed by atoms with E-state index in [2.05, 4.69) is 10.4 Å². The fraction of sp³-hybridized carbons (Fsp3) is 0.105. The molecular weight excluding hydrogens is 378 g/mol. The molecule has 2 aromatic carbocycles. The molecule has 1 aromatic heterocycles. The van der Waals surface area contributed by atoms with E-state index in [0.717, 1.165) is 35.0 Å². The van der Waals surface area contributed by atoms with E-state index in [4.69, 9.17) is 0 Å². The average Bonchev–Trinajstić information content (AvgIpc) is 2.63. The maximum atomic E-state index is 13.3. The van der Waals surface area contributed by atoms with Gasteiger partial charge in [-0.1, -0.05) is 12.1 Å². The van der Waals surface area contributed by atoms with Crippen molar-refractivity contribution in [2.45, 2.75) is 12.7 Å². The third kappa shape index (κ3) is 4.61. The third-order valence-corrected chi connectivity index (χ3v) is 3.79.